The van der Waals surface area contributed by atoms with Crippen molar-refractivity contribution in [2.24, 2.45) is 0 Å². The third-order valence-corrected chi connectivity index (χ3v) is 4.62. The van der Waals surface area contributed by atoms with Gasteiger partial charge in [0, 0.05) is 36.5 Å². The molecule has 0 aliphatic heterocycles. The number of urea groups is 1. The number of anilines is 2. The van der Waals surface area contributed by atoms with E-state index < -0.39 is 6.04 Å². The Bertz CT molecular complexity index is 1160. The Kier molecular flexibility index (Phi) is 6.16. The topological polar surface area (TPSA) is 132 Å². The van der Waals surface area contributed by atoms with Crippen molar-refractivity contribution >= 4 is 23.3 Å². The zero-order valence-corrected chi connectivity index (χ0v) is 17.2. The van der Waals surface area contributed by atoms with Crippen LogP contribution in [-0.2, 0) is 11.3 Å². The maximum atomic E-state index is 12.3. The van der Waals surface area contributed by atoms with Crippen LogP contribution in [0.5, 0.6) is 0 Å². The molecule has 32 heavy (non-hydrogen) atoms. The Morgan fingerprint density at radius 3 is 2.44 bits per heavy atom. The number of amides is 3. The van der Waals surface area contributed by atoms with E-state index in [1.165, 1.54) is 17.3 Å². The van der Waals surface area contributed by atoms with Gasteiger partial charge < -0.3 is 16.0 Å². The highest BCUT2D eigenvalue weighted by atomic mass is 16.2. The molecule has 3 N–H and O–H groups in total. The lowest BCUT2D eigenvalue weighted by Crippen LogP contribution is -2.28. The van der Waals surface area contributed by atoms with Gasteiger partial charge in [0.1, 0.15) is 18.7 Å². The van der Waals surface area contributed by atoms with Crippen LogP contribution < -0.4 is 16.0 Å². The number of pyridine rings is 1. The summed E-state index contributed by atoms with van der Waals surface area (Å²) in [5.74, 6) is 0.479. The predicted molar refractivity (Wildman–Crippen MR) is 117 cm³/mol. The van der Waals surface area contributed by atoms with Crippen molar-refractivity contribution in [3.63, 3.8) is 0 Å². The maximum Gasteiger partial charge on any atom is 0.319 e. The molecule has 1 atom stereocenters. The van der Waals surface area contributed by atoms with Gasteiger partial charge in [0.25, 0.3) is 0 Å². The molecule has 0 saturated carbocycles. The van der Waals surface area contributed by atoms with Crippen LogP contribution in [0.1, 0.15) is 18.5 Å². The minimum Gasteiger partial charge on any atom is -0.334 e. The molecule has 0 spiro atoms. The normalized spacial score (nSPS) is 11.5. The van der Waals surface area contributed by atoms with Gasteiger partial charge in [-0.1, -0.05) is 6.07 Å². The molecule has 4 rings (SSSR count). The fourth-order valence-corrected chi connectivity index (χ4v) is 2.84. The van der Waals surface area contributed by atoms with Gasteiger partial charge in [-0.25, -0.2) is 24.1 Å². The number of hydrogen-bond donors (Lipinski definition) is 3. The molecule has 3 amide bonds. The average Bonchev–Trinajstić information content (AvgIpc) is 3.53. The Balaban J connectivity index is 1.25. The number of rotatable bonds is 7. The van der Waals surface area contributed by atoms with Crippen molar-refractivity contribution in [2.75, 3.05) is 10.6 Å². The molecule has 1 aromatic carbocycles. The summed E-state index contributed by atoms with van der Waals surface area (Å²) in [5.41, 5.74) is 2.06. The van der Waals surface area contributed by atoms with E-state index in [4.69, 9.17) is 0 Å². The molecule has 4 aromatic rings. The number of benzene rings is 1. The molecule has 0 aliphatic rings. The highest BCUT2D eigenvalue weighted by Crippen LogP contribution is 2.15. The standard InChI is InChI=1S/C21H21N9O2/c1-15(30-14-22-13-26-30)20(31)27-17-4-6-18(7-5-17)28-21(32)24-12-16-3-8-19(23-11-16)29-10-2-9-25-29/h2-11,13-15H,12H2,1H3,(H,27,31)(H2,24,28,32). The Morgan fingerprint density at radius 1 is 1.03 bits per heavy atom. The van der Waals surface area contributed by atoms with E-state index in [-0.39, 0.29) is 11.9 Å². The second kappa shape index (κ2) is 9.51. The van der Waals surface area contributed by atoms with E-state index in [0.29, 0.717) is 23.7 Å². The minimum atomic E-state index is -0.496. The second-order valence-corrected chi connectivity index (χ2v) is 6.90. The monoisotopic (exact) mass is 431 g/mol. The van der Waals surface area contributed by atoms with Crippen LogP contribution >= 0.6 is 0 Å². The van der Waals surface area contributed by atoms with Gasteiger partial charge in [-0.3, -0.25) is 4.79 Å². The molecule has 0 fully saturated rings. The summed E-state index contributed by atoms with van der Waals surface area (Å²) in [6.45, 7) is 2.05. The molecule has 11 heteroatoms. The summed E-state index contributed by atoms with van der Waals surface area (Å²) in [6.07, 6.45) is 8.04. The van der Waals surface area contributed by atoms with E-state index in [1.807, 2.05) is 24.4 Å². The lowest BCUT2D eigenvalue weighted by atomic mass is 10.2. The zero-order valence-electron chi connectivity index (χ0n) is 17.2. The van der Waals surface area contributed by atoms with Crippen molar-refractivity contribution in [2.45, 2.75) is 19.5 Å². The lowest BCUT2D eigenvalue weighted by molar-refractivity contribution is -0.119. The maximum absolute atomic E-state index is 12.3. The van der Waals surface area contributed by atoms with Gasteiger partial charge in [-0.05, 0) is 48.9 Å². The van der Waals surface area contributed by atoms with Gasteiger partial charge >= 0.3 is 6.03 Å². The largest absolute Gasteiger partial charge is 0.334 e. The fraction of sp³-hybridized carbons (Fsp3) is 0.143. The number of aromatic nitrogens is 6. The molecular weight excluding hydrogens is 410 g/mol. The molecular formula is C21H21N9O2. The Morgan fingerprint density at radius 2 is 1.81 bits per heavy atom. The van der Waals surface area contributed by atoms with E-state index >= 15 is 0 Å². The third-order valence-electron chi connectivity index (χ3n) is 4.62. The highest BCUT2D eigenvalue weighted by molar-refractivity contribution is 5.94. The van der Waals surface area contributed by atoms with Crippen LogP contribution in [0, 0.1) is 0 Å². The molecule has 1 unspecified atom stereocenters. The molecule has 11 nitrogen and oxygen atoms in total. The molecule has 3 heterocycles. The van der Waals surface area contributed by atoms with Gasteiger partial charge in [0.15, 0.2) is 5.82 Å². The zero-order chi connectivity index (χ0) is 22.3. The highest BCUT2D eigenvalue weighted by Gasteiger charge is 2.15. The molecule has 0 radical (unpaired) electrons. The number of carbonyl (C=O) groups excluding carboxylic acids is 2. The first kappa shape index (κ1) is 20.7. The van der Waals surface area contributed by atoms with Gasteiger partial charge in [-0.2, -0.15) is 10.2 Å². The number of carbonyl (C=O) groups is 2. The lowest BCUT2D eigenvalue weighted by Gasteiger charge is -2.13. The first-order chi connectivity index (χ1) is 15.6. The van der Waals surface area contributed by atoms with Crippen LogP contribution in [0.25, 0.3) is 5.82 Å². The second-order valence-electron chi connectivity index (χ2n) is 6.90. The fourth-order valence-electron chi connectivity index (χ4n) is 2.84. The summed E-state index contributed by atoms with van der Waals surface area (Å²) < 4.78 is 3.13. The van der Waals surface area contributed by atoms with Crippen molar-refractivity contribution < 1.29 is 9.59 Å². The third kappa shape index (κ3) is 5.14. The van der Waals surface area contributed by atoms with E-state index in [9.17, 15) is 9.59 Å². The predicted octanol–water partition coefficient (Wildman–Crippen LogP) is 2.38. The summed E-state index contributed by atoms with van der Waals surface area (Å²) in [4.78, 5) is 32.6. The van der Waals surface area contributed by atoms with E-state index in [1.54, 1.807) is 48.3 Å². The first-order valence-corrected chi connectivity index (χ1v) is 9.83. The van der Waals surface area contributed by atoms with Crippen molar-refractivity contribution in [1.82, 2.24) is 34.8 Å². The van der Waals surface area contributed by atoms with E-state index in [2.05, 4.69) is 36.1 Å². The number of nitrogens with one attached hydrogen (secondary N) is 3. The molecule has 0 saturated heterocycles. The van der Waals surface area contributed by atoms with Gasteiger partial charge in [0.2, 0.25) is 5.91 Å². The van der Waals surface area contributed by atoms with E-state index in [0.717, 1.165) is 5.56 Å². The Labute approximate surface area is 183 Å². The SMILES string of the molecule is CC(C(=O)Nc1ccc(NC(=O)NCc2ccc(-n3cccn3)nc2)cc1)n1cncn1. The van der Waals surface area contributed by atoms with Crippen LogP contribution in [0.4, 0.5) is 16.2 Å². The molecule has 162 valence electrons. The quantitative estimate of drug-likeness (QED) is 0.412. The average molecular weight is 431 g/mol. The summed E-state index contributed by atoms with van der Waals surface area (Å²) >= 11 is 0. The van der Waals surface area contributed by atoms with Crippen LogP contribution in [0.15, 0.2) is 73.7 Å². The van der Waals surface area contributed by atoms with Crippen LogP contribution in [-0.4, -0.2) is 41.5 Å². The van der Waals surface area contributed by atoms with Crippen LogP contribution in [0.3, 0.4) is 0 Å². The van der Waals surface area contributed by atoms with Crippen molar-refractivity contribution in [3.8, 4) is 5.82 Å². The first-order valence-electron chi connectivity index (χ1n) is 9.83. The Hall–Kier alpha value is -4.54. The van der Waals surface area contributed by atoms with Crippen LogP contribution in [0.2, 0.25) is 0 Å². The number of hydrogen-bond acceptors (Lipinski definition) is 6. The smallest absolute Gasteiger partial charge is 0.319 e. The number of nitrogens with zero attached hydrogens (tertiary/aromatic N) is 6. The van der Waals surface area contributed by atoms with Crippen molar-refractivity contribution in [1.29, 1.82) is 0 Å². The summed E-state index contributed by atoms with van der Waals surface area (Å²) in [7, 11) is 0. The molecule has 3 aromatic heterocycles. The van der Waals surface area contributed by atoms with Gasteiger partial charge in [-0.15, -0.1) is 0 Å². The minimum absolute atomic E-state index is 0.221. The molecule has 0 bridgehead atoms. The summed E-state index contributed by atoms with van der Waals surface area (Å²) in [6, 6.07) is 11.5. The van der Waals surface area contributed by atoms with Crippen molar-refractivity contribution in [3.05, 3.63) is 79.3 Å². The summed E-state index contributed by atoms with van der Waals surface area (Å²) in [5, 5.41) is 16.4. The van der Waals surface area contributed by atoms with Gasteiger partial charge in [0.05, 0.1) is 0 Å². The molecule has 0 aliphatic carbocycles.